The lowest BCUT2D eigenvalue weighted by Gasteiger charge is -2.34. The number of ether oxygens (including phenoxy) is 2. The fourth-order valence-corrected chi connectivity index (χ4v) is 3.80. The molecule has 126 valence electrons. The second-order valence-corrected chi connectivity index (χ2v) is 6.73. The molecule has 5 nitrogen and oxygen atoms in total. The van der Waals surface area contributed by atoms with Crippen LogP contribution in [-0.4, -0.2) is 54.8 Å². The third kappa shape index (κ3) is 2.83. The summed E-state index contributed by atoms with van der Waals surface area (Å²) >= 11 is 0. The van der Waals surface area contributed by atoms with Crippen molar-refractivity contribution in [3.05, 3.63) is 47.8 Å². The minimum Gasteiger partial charge on any atom is -0.383 e. The largest absolute Gasteiger partial charge is 0.383 e. The lowest BCUT2D eigenvalue weighted by molar-refractivity contribution is 0.0492. The van der Waals surface area contributed by atoms with Gasteiger partial charge in [-0.2, -0.15) is 0 Å². The molecule has 1 unspecified atom stereocenters. The Morgan fingerprint density at radius 3 is 3.00 bits per heavy atom. The molecule has 0 bridgehead atoms. The molecule has 2 aliphatic heterocycles. The predicted octanol–water partition coefficient (Wildman–Crippen LogP) is 2.26. The van der Waals surface area contributed by atoms with E-state index in [2.05, 4.69) is 22.0 Å². The van der Waals surface area contributed by atoms with Gasteiger partial charge in [0.2, 0.25) is 0 Å². The number of hydrogen-bond donors (Lipinski definition) is 0. The summed E-state index contributed by atoms with van der Waals surface area (Å²) in [6.07, 6.45) is 3.03. The molecule has 3 heterocycles. The van der Waals surface area contributed by atoms with E-state index in [1.54, 1.807) is 7.11 Å². The molecule has 1 aromatic heterocycles. The van der Waals surface area contributed by atoms with Crippen LogP contribution in [0.15, 0.2) is 36.5 Å². The van der Waals surface area contributed by atoms with Crippen molar-refractivity contribution < 1.29 is 9.47 Å². The van der Waals surface area contributed by atoms with Crippen LogP contribution in [0, 0.1) is 0 Å². The van der Waals surface area contributed by atoms with E-state index in [0.717, 1.165) is 56.2 Å². The minimum atomic E-state index is -0.00616. The van der Waals surface area contributed by atoms with E-state index >= 15 is 0 Å². The Balaban J connectivity index is 1.67. The van der Waals surface area contributed by atoms with Gasteiger partial charge in [-0.3, -0.25) is 4.90 Å². The monoisotopic (exact) mass is 325 g/mol. The molecule has 1 fully saturated rings. The first-order valence-corrected chi connectivity index (χ1v) is 8.52. The van der Waals surface area contributed by atoms with Gasteiger partial charge in [0.05, 0.1) is 30.9 Å². The van der Waals surface area contributed by atoms with Crippen molar-refractivity contribution in [2.24, 2.45) is 0 Å². The van der Waals surface area contributed by atoms with Crippen LogP contribution in [0.3, 0.4) is 0 Å². The highest BCUT2D eigenvalue weighted by atomic mass is 16.5. The molecular weight excluding hydrogens is 302 g/mol. The summed E-state index contributed by atoms with van der Waals surface area (Å²) < 4.78 is 11.1. The smallest absolute Gasteiger partial charge is 0.159 e. The number of rotatable bonds is 4. The van der Waals surface area contributed by atoms with Gasteiger partial charge in [-0.05, 0) is 13.0 Å². The number of hydrogen-bond acceptors (Lipinski definition) is 5. The molecule has 0 aliphatic carbocycles. The molecule has 2 aromatic rings. The van der Waals surface area contributed by atoms with Crippen LogP contribution in [0.1, 0.15) is 17.7 Å². The Morgan fingerprint density at radius 1 is 1.29 bits per heavy atom. The van der Waals surface area contributed by atoms with Crippen LogP contribution in [0.2, 0.25) is 0 Å². The number of benzene rings is 1. The van der Waals surface area contributed by atoms with Crippen molar-refractivity contribution in [1.29, 1.82) is 0 Å². The Kier molecular flexibility index (Phi) is 4.31. The van der Waals surface area contributed by atoms with Gasteiger partial charge in [0.15, 0.2) is 5.82 Å². The van der Waals surface area contributed by atoms with E-state index in [1.807, 2.05) is 24.4 Å². The zero-order valence-corrected chi connectivity index (χ0v) is 14.1. The minimum absolute atomic E-state index is 0.00616. The summed E-state index contributed by atoms with van der Waals surface area (Å²) in [6.45, 7) is 5.14. The standard InChI is InChI=1S/C19H23N3O2/c1-23-10-9-22-8-7-19(13-22)14-24-12-16-11-20-18(21-17(16)19)15-5-3-2-4-6-15/h2-6,11H,7-10,12-14H2,1H3. The lowest BCUT2D eigenvalue weighted by Crippen LogP contribution is -2.41. The molecule has 1 spiro atoms. The van der Waals surface area contributed by atoms with Crippen LogP contribution < -0.4 is 0 Å². The Morgan fingerprint density at radius 2 is 2.17 bits per heavy atom. The Hall–Kier alpha value is -1.82. The number of likely N-dealkylation sites (tertiary alicyclic amines) is 1. The fourth-order valence-electron chi connectivity index (χ4n) is 3.80. The Labute approximate surface area is 142 Å². The van der Waals surface area contributed by atoms with Gasteiger partial charge in [-0.1, -0.05) is 30.3 Å². The summed E-state index contributed by atoms with van der Waals surface area (Å²) in [4.78, 5) is 12.0. The van der Waals surface area contributed by atoms with Crippen molar-refractivity contribution in [3.63, 3.8) is 0 Å². The molecule has 4 rings (SSSR count). The first kappa shape index (κ1) is 15.7. The third-order valence-electron chi connectivity index (χ3n) is 5.08. The fraction of sp³-hybridized carbons (Fsp3) is 0.474. The highest BCUT2D eigenvalue weighted by Crippen LogP contribution is 2.39. The first-order chi connectivity index (χ1) is 11.8. The summed E-state index contributed by atoms with van der Waals surface area (Å²) in [5, 5.41) is 0. The summed E-state index contributed by atoms with van der Waals surface area (Å²) in [6, 6.07) is 10.2. The molecule has 0 radical (unpaired) electrons. The average molecular weight is 325 g/mol. The van der Waals surface area contributed by atoms with Gasteiger partial charge >= 0.3 is 0 Å². The van der Waals surface area contributed by atoms with Gasteiger partial charge in [-0.15, -0.1) is 0 Å². The Bertz CT molecular complexity index is 707. The van der Waals surface area contributed by atoms with Gasteiger partial charge in [-0.25, -0.2) is 9.97 Å². The van der Waals surface area contributed by atoms with Gasteiger partial charge in [0.1, 0.15) is 0 Å². The highest BCUT2D eigenvalue weighted by molar-refractivity contribution is 5.55. The quantitative estimate of drug-likeness (QED) is 0.863. The van der Waals surface area contributed by atoms with Crippen molar-refractivity contribution in [2.45, 2.75) is 18.4 Å². The van der Waals surface area contributed by atoms with Crippen LogP contribution >= 0.6 is 0 Å². The SMILES string of the molecule is COCCN1CCC2(COCc3cnc(-c4ccccc4)nc32)C1. The zero-order chi connectivity index (χ0) is 16.4. The maximum atomic E-state index is 5.89. The van der Waals surface area contributed by atoms with E-state index in [1.165, 1.54) is 5.69 Å². The van der Waals surface area contributed by atoms with E-state index < -0.39 is 0 Å². The second kappa shape index (κ2) is 6.59. The molecule has 1 saturated heterocycles. The molecule has 0 saturated carbocycles. The molecule has 0 amide bonds. The normalized spacial score (nSPS) is 23.5. The molecular formula is C19H23N3O2. The maximum Gasteiger partial charge on any atom is 0.159 e. The summed E-state index contributed by atoms with van der Waals surface area (Å²) in [5.41, 5.74) is 3.38. The van der Waals surface area contributed by atoms with Crippen LogP contribution in [-0.2, 0) is 21.5 Å². The summed E-state index contributed by atoms with van der Waals surface area (Å²) in [7, 11) is 1.75. The predicted molar refractivity (Wildman–Crippen MR) is 91.7 cm³/mol. The molecule has 1 atom stereocenters. The van der Waals surface area contributed by atoms with Crippen molar-refractivity contribution in [3.8, 4) is 11.4 Å². The maximum absolute atomic E-state index is 5.89. The molecule has 1 aromatic carbocycles. The van der Waals surface area contributed by atoms with Crippen LogP contribution in [0.4, 0.5) is 0 Å². The zero-order valence-electron chi connectivity index (χ0n) is 14.1. The second-order valence-electron chi connectivity index (χ2n) is 6.73. The van der Waals surface area contributed by atoms with Crippen molar-refractivity contribution in [1.82, 2.24) is 14.9 Å². The number of aromatic nitrogens is 2. The van der Waals surface area contributed by atoms with E-state index in [-0.39, 0.29) is 5.41 Å². The van der Waals surface area contributed by atoms with E-state index in [4.69, 9.17) is 14.5 Å². The molecule has 5 heteroatoms. The number of methoxy groups -OCH3 is 1. The summed E-state index contributed by atoms with van der Waals surface area (Å²) in [5.74, 6) is 0.811. The van der Waals surface area contributed by atoms with Gasteiger partial charge in [0.25, 0.3) is 0 Å². The van der Waals surface area contributed by atoms with Crippen LogP contribution in [0.5, 0.6) is 0 Å². The topological polar surface area (TPSA) is 47.5 Å². The van der Waals surface area contributed by atoms with Gasteiger partial charge in [0, 0.05) is 37.5 Å². The molecule has 2 aliphatic rings. The average Bonchev–Trinajstić information content (AvgIpc) is 3.04. The lowest BCUT2D eigenvalue weighted by atomic mass is 9.80. The number of nitrogens with zero attached hydrogens (tertiary/aromatic N) is 3. The van der Waals surface area contributed by atoms with Crippen molar-refractivity contribution >= 4 is 0 Å². The van der Waals surface area contributed by atoms with E-state index in [0.29, 0.717) is 6.61 Å². The third-order valence-corrected chi connectivity index (χ3v) is 5.08. The molecule has 24 heavy (non-hydrogen) atoms. The van der Waals surface area contributed by atoms with Crippen LogP contribution in [0.25, 0.3) is 11.4 Å². The van der Waals surface area contributed by atoms with Crippen molar-refractivity contribution in [2.75, 3.05) is 40.0 Å². The molecule has 0 N–H and O–H groups in total. The number of fused-ring (bicyclic) bond motifs is 2. The van der Waals surface area contributed by atoms with Gasteiger partial charge < -0.3 is 9.47 Å². The highest BCUT2D eigenvalue weighted by Gasteiger charge is 2.44. The first-order valence-electron chi connectivity index (χ1n) is 8.52. The van der Waals surface area contributed by atoms with E-state index in [9.17, 15) is 0 Å².